The highest BCUT2D eigenvalue weighted by Crippen LogP contribution is 2.30. The van der Waals surface area contributed by atoms with Gasteiger partial charge in [0.25, 0.3) is 0 Å². The standard InChI is InChI=1S/C25H27NO6/c1-6-18-7-9-19(10-8-18)24(27)17(4)31-25(28)20-11-12-22(23(13-20)29-5)30-14-21-15(2)26-32-16(21)3/h7-13,17H,6,14H2,1-5H3. The molecule has 0 bridgehead atoms. The molecule has 0 saturated heterocycles. The summed E-state index contributed by atoms with van der Waals surface area (Å²) in [5.74, 6) is 0.646. The van der Waals surface area contributed by atoms with Crippen LogP contribution in [0.3, 0.4) is 0 Å². The van der Waals surface area contributed by atoms with E-state index in [1.54, 1.807) is 31.2 Å². The van der Waals surface area contributed by atoms with Crippen molar-refractivity contribution in [2.24, 2.45) is 0 Å². The molecule has 0 N–H and O–H groups in total. The molecule has 0 fully saturated rings. The number of esters is 1. The first kappa shape index (κ1) is 23.1. The summed E-state index contributed by atoms with van der Waals surface area (Å²) in [6.45, 7) is 7.51. The lowest BCUT2D eigenvalue weighted by Gasteiger charge is -2.14. The van der Waals surface area contributed by atoms with Gasteiger partial charge in [0.2, 0.25) is 5.78 Å². The number of aryl methyl sites for hydroxylation is 3. The number of Topliss-reactive ketones (excluding diaryl/α,β-unsaturated/α-hetero) is 1. The van der Waals surface area contributed by atoms with Crippen molar-refractivity contribution >= 4 is 11.8 Å². The summed E-state index contributed by atoms with van der Waals surface area (Å²) in [6, 6.07) is 12.0. The summed E-state index contributed by atoms with van der Waals surface area (Å²) in [5, 5.41) is 3.91. The maximum atomic E-state index is 12.6. The number of ether oxygens (including phenoxy) is 3. The molecule has 3 aromatic rings. The number of carbonyl (C=O) groups excluding carboxylic acids is 2. The van der Waals surface area contributed by atoms with Crippen LogP contribution in [-0.4, -0.2) is 30.1 Å². The molecule has 1 unspecified atom stereocenters. The summed E-state index contributed by atoms with van der Waals surface area (Å²) in [4.78, 5) is 25.2. The van der Waals surface area contributed by atoms with E-state index in [0.717, 1.165) is 23.2 Å². The second-order valence-corrected chi connectivity index (χ2v) is 7.42. The highest BCUT2D eigenvalue weighted by atomic mass is 16.5. The third-order valence-corrected chi connectivity index (χ3v) is 5.25. The van der Waals surface area contributed by atoms with E-state index in [9.17, 15) is 9.59 Å². The zero-order valence-corrected chi connectivity index (χ0v) is 18.9. The molecule has 0 aliphatic heterocycles. The number of methoxy groups -OCH3 is 1. The Hall–Kier alpha value is -3.61. The number of hydrogen-bond donors (Lipinski definition) is 0. The van der Waals surface area contributed by atoms with Crippen molar-refractivity contribution in [2.75, 3.05) is 7.11 Å². The molecule has 0 spiro atoms. The molecule has 7 heteroatoms. The van der Waals surface area contributed by atoms with Crippen LogP contribution in [0.25, 0.3) is 0 Å². The number of benzene rings is 2. The number of carbonyl (C=O) groups is 2. The van der Waals surface area contributed by atoms with Gasteiger partial charge in [-0.25, -0.2) is 4.79 Å². The van der Waals surface area contributed by atoms with Crippen LogP contribution in [-0.2, 0) is 17.8 Å². The van der Waals surface area contributed by atoms with Crippen LogP contribution in [0.4, 0.5) is 0 Å². The fourth-order valence-corrected chi connectivity index (χ4v) is 3.19. The largest absolute Gasteiger partial charge is 0.493 e. The van der Waals surface area contributed by atoms with Crippen molar-refractivity contribution in [1.29, 1.82) is 0 Å². The van der Waals surface area contributed by atoms with Crippen LogP contribution in [0, 0.1) is 13.8 Å². The van der Waals surface area contributed by atoms with E-state index >= 15 is 0 Å². The molecule has 0 saturated carbocycles. The summed E-state index contributed by atoms with van der Waals surface area (Å²) in [5.41, 5.74) is 3.50. The monoisotopic (exact) mass is 437 g/mol. The number of hydrogen-bond acceptors (Lipinski definition) is 7. The van der Waals surface area contributed by atoms with Gasteiger partial charge in [0.1, 0.15) is 12.4 Å². The molecule has 0 radical (unpaired) electrons. The molecule has 168 valence electrons. The Labute approximate surface area is 187 Å². The van der Waals surface area contributed by atoms with Crippen LogP contribution < -0.4 is 9.47 Å². The summed E-state index contributed by atoms with van der Waals surface area (Å²) in [7, 11) is 1.49. The van der Waals surface area contributed by atoms with E-state index in [1.165, 1.54) is 13.2 Å². The Balaban J connectivity index is 1.67. The van der Waals surface area contributed by atoms with Gasteiger partial charge < -0.3 is 18.7 Å². The van der Waals surface area contributed by atoms with Crippen LogP contribution in [0.2, 0.25) is 0 Å². The van der Waals surface area contributed by atoms with E-state index in [1.807, 2.05) is 32.9 Å². The van der Waals surface area contributed by atoms with Gasteiger partial charge in [0.05, 0.1) is 23.9 Å². The topological polar surface area (TPSA) is 87.9 Å². The van der Waals surface area contributed by atoms with Crippen molar-refractivity contribution in [3.8, 4) is 11.5 Å². The molecule has 32 heavy (non-hydrogen) atoms. The molecule has 0 amide bonds. The van der Waals surface area contributed by atoms with Crippen LogP contribution in [0.15, 0.2) is 47.0 Å². The maximum absolute atomic E-state index is 12.6. The Kier molecular flexibility index (Phi) is 7.30. The van der Waals surface area contributed by atoms with Crippen LogP contribution >= 0.6 is 0 Å². The van der Waals surface area contributed by atoms with Crippen molar-refractivity contribution < 1.29 is 28.3 Å². The third-order valence-electron chi connectivity index (χ3n) is 5.25. The first-order chi connectivity index (χ1) is 15.3. The van der Waals surface area contributed by atoms with Crippen molar-refractivity contribution in [3.63, 3.8) is 0 Å². The number of ketones is 1. The lowest BCUT2D eigenvalue weighted by molar-refractivity contribution is 0.0318. The smallest absolute Gasteiger partial charge is 0.338 e. The minimum Gasteiger partial charge on any atom is -0.493 e. The van der Waals surface area contributed by atoms with Crippen molar-refractivity contribution in [1.82, 2.24) is 5.16 Å². The Morgan fingerprint density at radius 2 is 1.72 bits per heavy atom. The van der Waals surface area contributed by atoms with Crippen LogP contribution in [0.5, 0.6) is 11.5 Å². The Morgan fingerprint density at radius 1 is 1.03 bits per heavy atom. The molecule has 1 aromatic heterocycles. The summed E-state index contributed by atoms with van der Waals surface area (Å²) < 4.78 is 21.7. The number of aromatic nitrogens is 1. The lowest BCUT2D eigenvalue weighted by Crippen LogP contribution is -2.24. The molecule has 1 atom stereocenters. The molecule has 0 aliphatic rings. The number of nitrogens with zero attached hydrogens (tertiary/aromatic N) is 1. The van der Waals surface area contributed by atoms with Gasteiger partial charge in [0, 0.05) is 5.56 Å². The summed E-state index contributed by atoms with van der Waals surface area (Å²) in [6.07, 6.45) is -0.0323. The van der Waals surface area contributed by atoms with Gasteiger partial charge >= 0.3 is 5.97 Å². The SMILES string of the molecule is CCc1ccc(C(=O)C(C)OC(=O)c2ccc(OCc3c(C)noc3C)c(OC)c2)cc1. The zero-order chi connectivity index (χ0) is 23.3. The lowest BCUT2D eigenvalue weighted by atomic mass is 10.0. The highest BCUT2D eigenvalue weighted by Gasteiger charge is 2.21. The van der Waals surface area contributed by atoms with Crippen molar-refractivity contribution in [3.05, 3.63) is 76.2 Å². The maximum Gasteiger partial charge on any atom is 0.338 e. The minimum atomic E-state index is -0.920. The average Bonchev–Trinajstić information content (AvgIpc) is 3.13. The van der Waals surface area contributed by atoms with Crippen LogP contribution in [0.1, 0.15) is 57.1 Å². The van der Waals surface area contributed by atoms with E-state index < -0.39 is 12.1 Å². The van der Waals surface area contributed by atoms with Gasteiger partial charge in [-0.1, -0.05) is 36.3 Å². The molecule has 1 heterocycles. The van der Waals surface area contributed by atoms with Gasteiger partial charge in [-0.2, -0.15) is 0 Å². The van der Waals surface area contributed by atoms with Gasteiger partial charge in [-0.05, 0) is 51.0 Å². The second-order valence-electron chi connectivity index (χ2n) is 7.42. The highest BCUT2D eigenvalue weighted by molar-refractivity contribution is 6.01. The predicted octanol–water partition coefficient (Wildman–Crippen LogP) is 4.87. The average molecular weight is 437 g/mol. The molecule has 3 rings (SSSR count). The van der Waals surface area contributed by atoms with E-state index in [0.29, 0.717) is 22.8 Å². The fourth-order valence-electron chi connectivity index (χ4n) is 3.19. The van der Waals surface area contributed by atoms with Crippen molar-refractivity contribution in [2.45, 2.75) is 46.8 Å². The Bertz CT molecular complexity index is 1080. The van der Waals surface area contributed by atoms with E-state index in [-0.39, 0.29) is 18.0 Å². The molecular weight excluding hydrogens is 410 g/mol. The van der Waals surface area contributed by atoms with E-state index in [4.69, 9.17) is 18.7 Å². The summed E-state index contributed by atoms with van der Waals surface area (Å²) >= 11 is 0. The molecule has 2 aromatic carbocycles. The molecule has 7 nitrogen and oxygen atoms in total. The third kappa shape index (κ3) is 5.17. The first-order valence-corrected chi connectivity index (χ1v) is 10.4. The molecular formula is C25H27NO6. The minimum absolute atomic E-state index is 0.254. The normalized spacial score (nSPS) is 11.7. The first-order valence-electron chi connectivity index (χ1n) is 10.4. The Morgan fingerprint density at radius 3 is 2.31 bits per heavy atom. The van der Waals surface area contributed by atoms with Gasteiger partial charge in [0.15, 0.2) is 17.6 Å². The predicted molar refractivity (Wildman–Crippen MR) is 118 cm³/mol. The quantitative estimate of drug-likeness (QED) is 0.349. The zero-order valence-electron chi connectivity index (χ0n) is 18.9. The molecule has 0 aliphatic carbocycles. The number of rotatable bonds is 9. The van der Waals surface area contributed by atoms with E-state index in [2.05, 4.69) is 5.16 Å². The fraction of sp³-hybridized carbons (Fsp3) is 0.320. The van der Waals surface area contributed by atoms with Gasteiger partial charge in [-0.3, -0.25) is 4.79 Å². The van der Waals surface area contributed by atoms with Gasteiger partial charge in [-0.15, -0.1) is 0 Å². The second kappa shape index (κ2) is 10.1.